The van der Waals surface area contributed by atoms with E-state index in [1.165, 1.54) is 0 Å². The fourth-order valence-electron chi connectivity index (χ4n) is 6.95. The molecule has 0 aromatic heterocycles. The van der Waals surface area contributed by atoms with Gasteiger partial charge in [0.05, 0.1) is 17.0 Å². The fraction of sp³-hybridized carbons (Fsp3) is 0.947. The second kappa shape index (κ2) is 5.28. The van der Waals surface area contributed by atoms with Crippen molar-refractivity contribution in [1.82, 2.24) is 0 Å². The van der Waals surface area contributed by atoms with E-state index in [2.05, 4.69) is 29.8 Å². The number of hydrogen-bond donors (Lipinski definition) is 2. The zero-order valence-electron chi connectivity index (χ0n) is 14.2. The standard InChI is InChI=1S/C19H29BrO3/c1-18-5-3-11(21)7-10(18)8-15(22)16-12(18)4-6-19(2)13(16)9-14(20)17(19)23/h10-16,21-22H,3-9H2,1-2H3/t10?,11-,12?,13?,14+,15?,16?,18-,19-/m0/s1. The minimum atomic E-state index is -0.307. The van der Waals surface area contributed by atoms with E-state index in [1.54, 1.807) is 0 Å². The number of ketones is 1. The Hall–Kier alpha value is 0.0700. The van der Waals surface area contributed by atoms with Crippen LogP contribution in [0.1, 0.15) is 58.8 Å². The van der Waals surface area contributed by atoms with E-state index < -0.39 is 0 Å². The molecular formula is C19H29BrO3. The Morgan fingerprint density at radius 1 is 1.04 bits per heavy atom. The Morgan fingerprint density at radius 3 is 2.52 bits per heavy atom. The zero-order valence-corrected chi connectivity index (χ0v) is 15.8. The quantitative estimate of drug-likeness (QED) is 0.629. The van der Waals surface area contributed by atoms with Crippen molar-refractivity contribution in [2.24, 2.45) is 34.5 Å². The third-order valence-electron chi connectivity index (χ3n) is 8.35. The smallest absolute Gasteiger partial charge is 0.152 e. The van der Waals surface area contributed by atoms with E-state index in [0.717, 1.165) is 44.9 Å². The molecular weight excluding hydrogens is 356 g/mol. The largest absolute Gasteiger partial charge is 0.393 e. The molecule has 0 amide bonds. The molecule has 4 saturated carbocycles. The van der Waals surface area contributed by atoms with E-state index >= 15 is 0 Å². The van der Waals surface area contributed by atoms with Crippen molar-refractivity contribution in [2.45, 2.75) is 75.8 Å². The molecule has 4 heteroatoms. The van der Waals surface area contributed by atoms with Gasteiger partial charge in [-0.3, -0.25) is 4.79 Å². The molecule has 4 fully saturated rings. The molecule has 2 N–H and O–H groups in total. The molecule has 23 heavy (non-hydrogen) atoms. The monoisotopic (exact) mass is 384 g/mol. The normalized spacial score (nSPS) is 59.2. The van der Waals surface area contributed by atoms with Gasteiger partial charge in [-0.2, -0.15) is 0 Å². The van der Waals surface area contributed by atoms with Gasteiger partial charge in [0.2, 0.25) is 0 Å². The van der Waals surface area contributed by atoms with Crippen molar-refractivity contribution < 1.29 is 15.0 Å². The first-order chi connectivity index (χ1) is 10.8. The number of hydrogen-bond acceptors (Lipinski definition) is 3. The lowest BCUT2D eigenvalue weighted by molar-refractivity contribution is -0.171. The first-order valence-electron chi connectivity index (χ1n) is 9.32. The highest BCUT2D eigenvalue weighted by atomic mass is 79.9. The van der Waals surface area contributed by atoms with Gasteiger partial charge in [0.25, 0.3) is 0 Å². The summed E-state index contributed by atoms with van der Waals surface area (Å²) in [6, 6.07) is 0. The van der Waals surface area contributed by atoms with Crippen LogP contribution in [0.25, 0.3) is 0 Å². The molecule has 3 nitrogen and oxygen atoms in total. The lowest BCUT2D eigenvalue weighted by atomic mass is 9.44. The molecule has 4 aliphatic carbocycles. The van der Waals surface area contributed by atoms with Gasteiger partial charge in [-0.15, -0.1) is 0 Å². The summed E-state index contributed by atoms with van der Waals surface area (Å²) in [6.07, 6.45) is 6.04. The van der Waals surface area contributed by atoms with Gasteiger partial charge in [0.15, 0.2) is 5.78 Å². The summed E-state index contributed by atoms with van der Waals surface area (Å²) in [5, 5.41) is 21.0. The first-order valence-corrected chi connectivity index (χ1v) is 10.2. The summed E-state index contributed by atoms with van der Waals surface area (Å²) in [5.74, 6) is 1.88. The molecule has 0 radical (unpaired) electrons. The fourth-order valence-corrected chi connectivity index (χ4v) is 7.88. The minimum absolute atomic E-state index is 0.0258. The Morgan fingerprint density at radius 2 is 1.78 bits per heavy atom. The van der Waals surface area contributed by atoms with Crippen LogP contribution in [0.15, 0.2) is 0 Å². The number of aliphatic hydroxyl groups excluding tert-OH is 2. The number of Topliss-reactive ketones (excluding diaryl/α,β-unsaturated/α-hetero) is 1. The molecule has 0 aromatic rings. The highest BCUT2D eigenvalue weighted by Crippen LogP contribution is 2.65. The van der Waals surface area contributed by atoms with Crippen LogP contribution in [0.4, 0.5) is 0 Å². The molecule has 4 aliphatic rings. The number of carbonyl (C=O) groups excluding carboxylic acids is 1. The maximum atomic E-state index is 12.7. The Bertz CT molecular complexity index is 523. The lowest BCUT2D eigenvalue weighted by Gasteiger charge is -2.61. The summed E-state index contributed by atoms with van der Waals surface area (Å²) < 4.78 is 0. The molecule has 0 aromatic carbocycles. The van der Waals surface area contributed by atoms with Crippen LogP contribution in [-0.4, -0.2) is 33.0 Å². The number of rotatable bonds is 0. The van der Waals surface area contributed by atoms with Gasteiger partial charge in [-0.1, -0.05) is 29.8 Å². The predicted molar refractivity (Wildman–Crippen MR) is 92.2 cm³/mol. The molecule has 0 saturated heterocycles. The molecule has 0 spiro atoms. The van der Waals surface area contributed by atoms with E-state index in [4.69, 9.17) is 0 Å². The van der Waals surface area contributed by atoms with Crippen LogP contribution >= 0.6 is 15.9 Å². The van der Waals surface area contributed by atoms with Crippen LogP contribution in [0.5, 0.6) is 0 Å². The highest BCUT2D eigenvalue weighted by molar-refractivity contribution is 9.10. The molecule has 9 atom stereocenters. The van der Waals surface area contributed by atoms with Crippen LogP contribution in [0.3, 0.4) is 0 Å². The van der Waals surface area contributed by atoms with E-state index in [0.29, 0.717) is 23.5 Å². The zero-order chi connectivity index (χ0) is 16.6. The molecule has 4 rings (SSSR count). The number of alkyl halides is 1. The SMILES string of the molecule is C[C@]12CC[C@H](O)CC1CC(O)C1C2CC[C@]2(C)C(=O)[C@H](Br)CC12. The predicted octanol–water partition coefficient (Wildman–Crippen LogP) is 3.30. The summed E-state index contributed by atoms with van der Waals surface area (Å²) in [4.78, 5) is 12.7. The van der Waals surface area contributed by atoms with Gasteiger partial charge in [-0.05, 0) is 74.0 Å². The number of fused-ring (bicyclic) bond motifs is 5. The van der Waals surface area contributed by atoms with Gasteiger partial charge in [-0.25, -0.2) is 0 Å². The van der Waals surface area contributed by atoms with Gasteiger partial charge in [0.1, 0.15) is 0 Å². The first kappa shape index (κ1) is 16.5. The molecule has 5 unspecified atom stereocenters. The maximum Gasteiger partial charge on any atom is 0.152 e. The topological polar surface area (TPSA) is 57.5 Å². The summed E-state index contributed by atoms with van der Waals surface area (Å²) >= 11 is 3.59. The van der Waals surface area contributed by atoms with Crippen LogP contribution < -0.4 is 0 Å². The van der Waals surface area contributed by atoms with Gasteiger partial charge in [0, 0.05) is 5.41 Å². The Labute approximate surface area is 147 Å². The second-order valence-electron chi connectivity index (χ2n) is 9.25. The summed E-state index contributed by atoms with van der Waals surface area (Å²) in [5.41, 5.74) is -0.00834. The molecule has 0 bridgehead atoms. The average Bonchev–Trinajstić information content (AvgIpc) is 2.73. The third kappa shape index (κ3) is 2.17. The summed E-state index contributed by atoms with van der Waals surface area (Å²) in [6.45, 7) is 4.54. The van der Waals surface area contributed by atoms with Crippen LogP contribution in [0, 0.1) is 34.5 Å². The molecule has 0 aliphatic heterocycles. The van der Waals surface area contributed by atoms with Gasteiger partial charge >= 0.3 is 0 Å². The lowest BCUT2D eigenvalue weighted by Crippen LogP contribution is -2.58. The average molecular weight is 385 g/mol. The molecule has 0 heterocycles. The van der Waals surface area contributed by atoms with Crippen molar-refractivity contribution in [3.05, 3.63) is 0 Å². The molecule has 130 valence electrons. The number of aliphatic hydroxyl groups is 2. The van der Waals surface area contributed by atoms with Crippen LogP contribution in [0.2, 0.25) is 0 Å². The van der Waals surface area contributed by atoms with Crippen molar-refractivity contribution in [3.8, 4) is 0 Å². The Kier molecular flexibility index (Phi) is 3.80. The summed E-state index contributed by atoms with van der Waals surface area (Å²) in [7, 11) is 0. The van der Waals surface area contributed by atoms with E-state index in [9.17, 15) is 15.0 Å². The highest BCUT2D eigenvalue weighted by Gasteiger charge is 2.64. The maximum absolute atomic E-state index is 12.7. The Balaban J connectivity index is 1.69. The minimum Gasteiger partial charge on any atom is -0.393 e. The van der Waals surface area contributed by atoms with E-state index in [-0.39, 0.29) is 33.8 Å². The van der Waals surface area contributed by atoms with Crippen molar-refractivity contribution in [3.63, 3.8) is 0 Å². The van der Waals surface area contributed by atoms with Crippen molar-refractivity contribution >= 4 is 21.7 Å². The second-order valence-corrected chi connectivity index (χ2v) is 10.4. The number of halogens is 1. The van der Waals surface area contributed by atoms with Crippen molar-refractivity contribution in [1.29, 1.82) is 0 Å². The van der Waals surface area contributed by atoms with Crippen molar-refractivity contribution in [2.75, 3.05) is 0 Å². The number of carbonyl (C=O) groups is 1. The van der Waals surface area contributed by atoms with E-state index in [1.807, 2.05) is 0 Å². The third-order valence-corrected chi connectivity index (χ3v) is 9.14. The van der Waals surface area contributed by atoms with Gasteiger partial charge < -0.3 is 10.2 Å². The van der Waals surface area contributed by atoms with Crippen LogP contribution in [-0.2, 0) is 4.79 Å².